The number of nitrogens with one attached hydrogen (secondary N) is 1. The molecule has 0 bridgehead atoms. The van der Waals surface area contributed by atoms with E-state index in [-0.39, 0.29) is 29.8 Å². The molecule has 2 aromatic heterocycles. The van der Waals surface area contributed by atoms with Gasteiger partial charge in [0.05, 0.1) is 17.2 Å². The number of furan rings is 1. The van der Waals surface area contributed by atoms with Crippen LogP contribution in [-0.2, 0) is 16.7 Å². The lowest BCUT2D eigenvalue weighted by atomic mass is 9.73. The van der Waals surface area contributed by atoms with Gasteiger partial charge >= 0.3 is 6.61 Å². The molecule has 1 aliphatic carbocycles. The van der Waals surface area contributed by atoms with Crippen molar-refractivity contribution >= 4 is 23.2 Å². The topological polar surface area (TPSA) is 94.3 Å². The van der Waals surface area contributed by atoms with E-state index in [2.05, 4.69) is 20.0 Å². The lowest BCUT2D eigenvalue weighted by molar-refractivity contribution is -0.198. The molecular weight excluding hydrogens is 590 g/mol. The van der Waals surface area contributed by atoms with Crippen LogP contribution in [0.3, 0.4) is 0 Å². The molecule has 6 rings (SSSR count). The molecule has 0 aliphatic heterocycles. The van der Waals surface area contributed by atoms with Crippen LogP contribution in [0.5, 0.6) is 0 Å². The summed E-state index contributed by atoms with van der Waals surface area (Å²) in [6.07, 6.45) is 4.12. The van der Waals surface area contributed by atoms with Gasteiger partial charge in [-0.05, 0) is 77.7 Å². The summed E-state index contributed by atoms with van der Waals surface area (Å²) in [5.74, 6) is -1.48. The van der Waals surface area contributed by atoms with Crippen LogP contribution in [-0.4, -0.2) is 34.9 Å². The number of aryl methyl sites for hydroxylation is 1. The smallest absolute Gasteiger partial charge is 0.345 e. The fraction of sp³-hybridized carbons (Fsp3) is 0.235. The minimum Gasteiger partial charge on any atom is -0.455 e. The zero-order valence-corrected chi connectivity index (χ0v) is 24.0. The van der Waals surface area contributed by atoms with Crippen molar-refractivity contribution in [3.05, 3.63) is 107 Å². The van der Waals surface area contributed by atoms with Gasteiger partial charge in [-0.1, -0.05) is 19.4 Å². The number of nitrogens with zero attached hydrogens (tertiary/aromatic N) is 2. The van der Waals surface area contributed by atoms with Crippen LogP contribution in [0.4, 0.5) is 17.6 Å². The number of carbonyl (C=O) groups is 2. The second kappa shape index (κ2) is 12.2. The van der Waals surface area contributed by atoms with E-state index < -0.39 is 35.8 Å². The van der Waals surface area contributed by atoms with Crippen LogP contribution in [0.25, 0.3) is 33.4 Å². The first kappa shape index (κ1) is 30.1. The second-order valence-corrected chi connectivity index (χ2v) is 11.0. The highest BCUT2D eigenvalue weighted by atomic mass is 19.3. The highest BCUT2D eigenvalue weighted by molar-refractivity contribution is 6.04. The summed E-state index contributed by atoms with van der Waals surface area (Å²) < 4.78 is 65.2. The number of aldehydes is 1. The Labute approximate surface area is 255 Å². The third-order valence-corrected chi connectivity index (χ3v) is 8.01. The molecule has 11 heteroatoms. The van der Waals surface area contributed by atoms with Gasteiger partial charge in [0, 0.05) is 36.2 Å². The number of hydrogen-bond donors (Lipinski definition) is 1. The molecule has 1 amide bonds. The number of carbonyl (C=O) groups excluding carboxylic acids is 2. The van der Waals surface area contributed by atoms with Crippen molar-refractivity contribution in [2.24, 2.45) is 0 Å². The number of amides is 1. The van der Waals surface area contributed by atoms with Crippen molar-refractivity contribution in [2.75, 3.05) is 0 Å². The molecule has 3 aromatic carbocycles. The van der Waals surface area contributed by atoms with Crippen LogP contribution < -0.4 is 5.32 Å². The Morgan fingerprint density at radius 3 is 2.44 bits per heavy atom. The van der Waals surface area contributed by atoms with Gasteiger partial charge in [0.1, 0.15) is 28.5 Å². The number of hydrogen-bond acceptors (Lipinski definition) is 6. The summed E-state index contributed by atoms with van der Waals surface area (Å²) in [6.45, 7) is -0.985. The van der Waals surface area contributed by atoms with E-state index >= 15 is 4.39 Å². The van der Waals surface area contributed by atoms with Crippen molar-refractivity contribution in [1.29, 1.82) is 0 Å². The number of ether oxygens (including phenoxy) is 1. The maximum absolute atomic E-state index is 15.2. The maximum atomic E-state index is 15.2. The Morgan fingerprint density at radius 2 is 1.78 bits per heavy atom. The monoisotopic (exact) mass is 617 g/mol. The molecule has 7 nitrogen and oxygen atoms in total. The van der Waals surface area contributed by atoms with E-state index in [1.54, 1.807) is 18.2 Å². The number of aromatic nitrogens is 2. The molecule has 230 valence electrons. The average molecular weight is 618 g/mol. The molecule has 0 saturated heterocycles. The van der Waals surface area contributed by atoms with E-state index in [0.29, 0.717) is 46.1 Å². The molecule has 0 radical (unpaired) electrons. The highest BCUT2D eigenvalue weighted by Gasteiger charge is 2.50. The predicted octanol–water partition coefficient (Wildman–Crippen LogP) is 7.63. The van der Waals surface area contributed by atoms with Crippen molar-refractivity contribution < 1.29 is 36.3 Å². The van der Waals surface area contributed by atoms with Gasteiger partial charge in [-0.25, -0.2) is 18.7 Å². The van der Waals surface area contributed by atoms with Crippen molar-refractivity contribution in [1.82, 2.24) is 15.3 Å². The quantitative estimate of drug-likeness (QED) is 0.128. The standard InChI is InChI=1S/C34H27F4N3O4/c1-2-4-20-14-29-25(27(18-42)30(45-29)19-5-8-22(35)9-6-19)15-24(20)21-7-10-28(36)26(13-21)31(43)41-34(32-39-11-3-12-40-32)16-23(17-34)44-33(37)38/h3,5-15,18,23,33H,2,4,16-17H2,1H3,(H,41,43). The summed E-state index contributed by atoms with van der Waals surface area (Å²) in [4.78, 5) is 34.3. The minimum atomic E-state index is -2.98. The number of alkyl halides is 2. The fourth-order valence-electron chi connectivity index (χ4n) is 5.88. The van der Waals surface area contributed by atoms with E-state index in [0.717, 1.165) is 12.0 Å². The van der Waals surface area contributed by atoms with Crippen LogP contribution in [0.2, 0.25) is 0 Å². The third-order valence-electron chi connectivity index (χ3n) is 8.01. The largest absolute Gasteiger partial charge is 0.455 e. The van der Waals surface area contributed by atoms with Crippen LogP contribution in [0, 0.1) is 11.6 Å². The van der Waals surface area contributed by atoms with E-state index in [9.17, 15) is 22.8 Å². The van der Waals surface area contributed by atoms with Gasteiger partial charge in [-0.15, -0.1) is 0 Å². The molecule has 0 spiro atoms. The Morgan fingerprint density at radius 1 is 1.07 bits per heavy atom. The molecule has 1 saturated carbocycles. The lowest BCUT2D eigenvalue weighted by Crippen LogP contribution is -2.58. The molecule has 2 heterocycles. The lowest BCUT2D eigenvalue weighted by Gasteiger charge is -2.46. The van der Waals surface area contributed by atoms with E-state index in [1.807, 2.05) is 13.0 Å². The summed E-state index contributed by atoms with van der Waals surface area (Å²) in [6, 6.07) is 14.9. The van der Waals surface area contributed by atoms with Gasteiger partial charge in [-0.2, -0.15) is 8.78 Å². The molecule has 5 aromatic rings. The Hall–Kier alpha value is -4.90. The molecule has 45 heavy (non-hydrogen) atoms. The van der Waals surface area contributed by atoms with Crippen molar-refractivity contribution in [3.63, 3.8) is 0 Å². The van der Waals surface area contributed by atoms with Crippen molar-refractivity contribution in [2.45, 2.75) is 50.9 Å². The number of fused-ring (bicyclic) bond motifs is 1. The molecular formula is C34H27F4N3O4. The first-order chi connectivity index (χ1) is 21.7. The SMILES string of the molecule is CCCc1cc2oc(-c3ccc(F)cc3)c(C=O)c2cc1-c1ccc(F)c(C(=O)NC2(c3ncccn3)CC(OC(F)F)C2)c1. The third kappa shape index (κ3) is 5.83. The van der Waals surface area contributed by atoms with Gasteiger partial charge in [0.15, 0.2) is 12.1 Å². The Bertz CT molecular complexity index is 1870. The summed E-state index contributed by atoms with van der Waals surface area (Å²) in [5, 5.41) is 3.29. The van der Waals surface area contributed by atoms with Crippen molar-refractivity contribution in [3.8, 4) is 22.5 Å². The van der Waals surface area contributed by atoms with Gasteiger partial charge in [0.25, 0.3) is 5.91 Å². The van der Waals surface area contributed by atoms with E-state index in [4.69, 9.17) is 4.42 Å². The van der Waals surface area contributed by atoms with Crippen LogP contribution in [0.1, 0.15) is 58.3 Å². The Kier molecular flexibility index (Phi) is 8.20. The van der Waals surface area contributed by atoms with Gasteiger partial charge < -0.3 is 14.5 Å². The Balaban J connectivity index is 1.39. The van der Waals surface area contributed by atoms with Gasteiger partial charge in [0.2, 0.25) is 0 Å². The number of rotatable bonds is 10. The maximum Gasteiger partial charge on any atom is 0.345 e. The molecule has 1 fully saturated rings. The minimum absolute atomic E-state index is 0.0168. The van der Waals surface area contributed by atoms with Crippen LogP contribution >= 0.6 is 0 Å². The first-order valence-corrected chi connectivity index (χ1v) is 14.4. The summed E-state index contributed by atoms with van der Waals surface area (Å²) in [7, 11) is 0. The first-order valence-electron chi connectivity index (χ1n) is 14.4. The molecule has 0 unspecified atom stereocenters. The van der Waals surface area contributed by atoms with E-state index in [1.165, 1.54) is 48.8 Å². The average Bonchev–Trinajstić information content (AvgIpc) is 3.37. The normalized spacial score (nSPS) is 17.8. The molecule has 1 aliphatic rings. The molecule has 0 atom stereocenters. The summed E-state index contributed by atoms with van der Waals surface area (Å²) in [5.41, 5.74) is 1.81. The highest BCUT2D eigenvalue weighted by Crippen LogP contribution is 2.43. The fourth-order valence-corrected chi connectivity index (χ4v) is 5.88. The van der Waals surface area contributed by atoms with Crippen LogP contribution in [0.15, 0.2) is 77.5 Å². The summed E-state index contributed by atoms with van der Waals surface area (Å²) >= 11 is 0. The van der Waals surface area contributed by atoms with Gasteiger partial charge in [-0.3, -0.25) is 9.59 Å². The molecule has 1 N–H and O–H groups in total. The number of halogens is 4. The number of benzene rings is 3. The second-order valence-electron chi connectivity index (χ2n) is 11.0. The zero-order valence-electron chi connectivity index (χ0n) is 24.0. The predicted molar refractivity (Wildman–Crippen MR) is 158 cm³/mol. The zero-order chi connectivity index (χ0) is 31.7.